The number of nitrogens with zero attached hydrogens (tertiary/aromatic N) is 2. The monoisotopic (exact) mass is 195 g/mol. The molecule has 0 saturated carbocycles. The number of aromatic nitrogens is 2. The lowest BCUT2D eigenvalue weighted by Crippen LogP contribution is -2.36. The van der Waals surface area contributed by atoms with Gasteiger partial charge in [0.2, 0.25) is 0 Å². The molecule has 2 rings (SSSR count). The lowest BCUT2D eigenvalue weighted by Gasteiger charge is -2.23. The van der Waals surface area contributed by atoms with Crippen LogP contribution < -0.4 is 5.32 Å². The highest BCUT2D eigenvalue weighted by Gasteiger charge is 2.13. The third kappa shape index (κ3) is 2.33. The van der Waals surface area contributed by atoms with Crippen molar-refractivity contribution in [1.82, 2.24) is 15.1 Å². The van der Waals surface area contributed by atoms with Crippen molar-refractivity contribution in [3.05, 3.63) is 18.0 Å². The van der Waals surface area contributed by atoms with Gasteiger partial charge in [0.05, 0.1) is 12.3 Å². The number of hydrogen-bond acceptors (Lipinski definition) is 3. The van der Waals surface area contributed by atoms with E-state index in [9.17, 15) is 0 Å². The third-order valence-electron chi connectivity index (χ3n) is 2.65. The van der Waals surface area contributed by atoms with Crippen LogP contribution in [0.3, 0.4) is 0 Å². The van der Waals surface area contributed by atoms with E-state index >= 15 is 0 Å². The minimum atomic E-state index is 0.513. The normalized spacial score (nSPS) is 22.5. The minimum absolute atomic E-state index is 0.513. The molecule has 0 aromatic carbocycles. The molecule has 1 N–H and O–H groups in total. The second-order valence-corrected chi connectivity index (χ2v) is 3.74. The van der Waals surface area contributed by atoms with Crippen LogP contribution in [0.5, 0.6) is 0 Å². The van der Waals surface area contributed by atoms with Gasteiger partial charge in [-0.15, -0.1) is 0 Å². The van der Waals surface area contributed by atoms with Crippen LogP contribution >= 0.6 is 0 Å². The Hall–Kier alpha value is -0.870. The first-order valence-corrected chi connectivity index (χ1v) is 5.14. The first-order chi connectivity index (χ1) is 6.86. The molecule has 0 bridgehead atoms. The van der Waals surface area contributed by atoms with Crippen LogP contribution in [0.1, 0.15) is 18.5 Å². The molecule has 1 aliphatic rings. The van der Waals surface area contributed by atoms with Gasteiger partial charge in [0.25, 0.3) is 0 Å². The summed E-state index contributed by atoms with van der Waals surface area (Å²) in [6.07, 6.45) is 4.22. The summed E-state index contributed by atoms with van der Waals surface area (Å²) >= 11 is 0. The molecule has 1 aromatic heterocycles. The zero-order valence-electron chi connectivity index (χ0n) is 8.57. The Labute approximate surface area is 84.3 Å². The fourth-order valence-corrected chi connectivity index (χ4v) is 1.73. The summed E-state index contributed by atoms with van der Waals surface area (Å²) in [6, 6.07) is 2.55. The molecular weight excluding hydrogens is 178 g/mol. The Kier molecular flexibility index (Phi) is 3.16. The van der Waals surface area contributed by atoms with Crippen molar-refractivity contribution in [2.24, 2.45) is 7.05 Å². The van der Waals surface area contributed by atoms with Gasteiger partial charge in [-0.2, -0.15) is 5.10 Å². The van der Waals surface area contributed by atoms with Gasteiger partial charge in [-0.05, 0) is 18.9 Å². The second kappa shape index (κ2) is 4.57. The average molecular weight is 195 g/mol. The molecule has 1 atom stereocenters. The topological polar surface area (TPSA) is 39.1 Å². The van der Waals surface area contributed by atoms with E-state index in [1.54, 1.807) is 0 Å². The maximum atomic E-state index is 5.40. The summed E-state index contributed by atoms with van der Waals surface area (Å²) in [6.45, 7) is 2.65. The molecular formula is C10H17N3O. The maximum absolute atomic E-state index is 5.40. The van der Waals surface area contributed by atoms with E-state index in [1.807, 2.05) is 24.0 Å². The molecule has 14 heavy (non-hydrogen) atoms. The fourth-order valence-electron chi connectivity index (χ4n) is 1.73. The smallest absolute Gasteiger partial charge is 0.0619 e. The van der Waals surface area contributed by atoms with Crippen LogP contribution in [-0.4, -0.2) is 29.0 Å². The lowest BCUT2D eigenvalue weighted by atomic mass is 10.1. The van der Waals surface area contributed by atoms with Crippen molar-refractivity contribution in [3.63, 3.8) is 0 Å². The molecule has 2 heterocycles. The van der Waals surface area contributed by atoms with E-state index in [-0.39, 0.29) is 0 Å². The zero-order valence-corrected chi connectivity index (χ0v) is 8.57. The standard InChI is InChI=1S/C10H17N3O/c1-13-10(4-5-12-13)7-11-9-3-2-6-14-8-9/h4-5,9,11H,2-3,6-8H2,1H3. The lowest BCUT2D eigenvalue weighted by molar-refractivity contribution is 0.0697. The van der Waals surface area contributed by atoms with Gasteiger partial charge in [-0.25, -0.2) is 0 Å². The van der Waals surface area contributed by atoms with Crippen molar-refractivity contribution in [1.29, 1.82) is 0 Å². The summed E-state index contributed by atoms with van der Waals surface area (Å²) < 4.78 is 7.30. The van der Waals surface area contributed by atoms with Crippen LogP contribution in [0.25, 0.3) is 0 Å². The molecule has 4 nitrogen and oxygen atoms in total. The fraction of sp³-hybridized carbons (Fsp3) is 0.700. The van der Waals surface area contributed by atoms with E-state index in [0.717, 1.165) is 19.8 Å². The highest BCUT2D eigenvalue weighted by Crippen LogP contribution is 2.06. The average Bonchev–Trinajstić information content (AvgIpc) is 2.63. The van der Waals surface area contributed by atoms with E-state index in [0.29, 0.717) is 6.04 Å². The number of aryl methyl sites for hydroxylation is 1. The molecule has 78 valence electrons. The number of ether oxygens (including phenoxy) is 1. The summed E-state index contributed by atoms with van der Waals surface area (Å²) in [7, 11) is 1.97. The minimum Gasteiger partial charge on any atom is -0.380 e. The number of hydrogen-bond donors (Lipinski definition) is 1. The Balaban J connectivity index is 1.79. The van der Waals surface area contributed by atoms with Crippen molar-refractivity contribution >= 4 is 0 Å². The Morgan fingerprint density at radius 3 is 3.29 bits per heavy atom. The summed E-state index contributed by atoms with van der Waals surface area (Å²) in [5, 5.41) is 7.60. The van der Waals surface area contributed by atoms with Crippen LogP contribution in [-0.2, 0) is 18.3 Å². The number of rotatable bonds is 3. The van der Waals surface area contributed by atoms with Crippen LogP contribution in [0.15, 0.2) is 12.3 Å². The molecule has 1 saturated heterocycles. The molecule has 0 spiro atoms. The molecule has 1 aromatic rings. The summed E-state index contributed by atoms with van der Waals surface area (Å²) in [4.78, 5) is 0. The molecule has 0 aliphatic carbocycles. The summed E-state index contributed by atoms with van der Waals surface area (Å²) in [5.74, 6) is 0. The van der Waals surface area contributed by atoms with Crippen LogP contribution in [0, 0.1) is 0 Å². The predicted molar refractivity (Wildman–Crippen MR) is 53.9 cm³/mol. The van der Waals surface area contributed by atoms with Crippen LogP contribution in [0.4, 0.5) is 0 Å². The molecule has 0 amide bonds. The number of nitrogens with one attached hydrogen (secondary N) is 1. The Bertz CT molecular complexity index is 279. The van der Waals surface area contributed by atoms with Gasteiger partial charge < -0.3 is 10.1 Å². The van der Waals surface area contributed by atoms with Crippen molar-refractivity contribution in [3.8, 4) is 0 Å². The van der Waals surface area contributed by atoms with E-state index < -0.39 is 0 Å². The second-order valence-electron chi connectivity index (χ2n) is 3.74. The predicted octanol–water partition coefficient (Wildman–Crippen LogP) is 0.689. The SMILES string of the molecule is Cn1nccc1CNC1CCCOC1. The molecule has 4 heteroatoms. The zero-order chi connectivity index (χ0) is 9.80. The molecule has 1 aliphatic heterocycles. The highest BCUT2D eigenvalue weighted by molar-refractivity contribution is 4.99. The van der Waals surface area contributed by atoms with Crippen molar-refractivity contribution in [2.75, 3.05) is 13.2 Å². The van der Waals surface area contributed by atoms with Gasteiger partial charge >= 0.3 is 0 Å². The largest absolute Gasteiger partial charge is 0.380 e. The first kappa shape index (κ1) is 9.68. The molecule has 1 fully saturated rings. The van der Waals surface area contributed by atoms with Gasteiger partial charge in [0, 0.05) is 32.4 Å². The van der Waals surface area contributed by atoms with E-state index in [2.05, 4.69) is 10.4 Å². The van der Waals surface area contributed by atoms with Gasteiger partial charge in [-0.1, -0.05) is 0 Å². The maximum Gasteiger partial charge on any atom is 0.0619 e. The summed E-state index contributed by atoms with van der Waals surface area (Å²) in [5.41, 5.74) is 1.22. The highest BCUT2D eigenvalue weighted by atomic mass is 16.5. The van der Waals surface area contributed by atoms with Crippen molar-refractivity contribution < 1.29 is 4.74 Å². The van der Waals surface area contributed by atoms with Gasteiger partial charge in [-0.3, -0.25) is 4.68 Å². The Morgan fingerprint density at radius 2 is 2.64 bits per heavy atom. The van der Waals surface area contributed by atoms with E-state index in [4.69, 9.17) is 4.74 Å². The van der Waals surface area contributed by atoms with Gasteiger partial charge in [0.1, 0.15) is 0 Å². The van der Waals surface area contributed by atoms with E-state index in [1.165, 1.54) is 18.5 Å². The molecule has 0 radical (unpaired) electrons. The molecule has 1 unspecified atom stereocenters. The van der Waals surface area contributed by atoms with Crippen LogP contribution in [0.2, 0.25) is 0 Å². The van der Waals surface area contributed by atoms with Gasteiger partial charge in [0.15, 0.2) is 0 Å². The van der Waals surface area contributed by atoms with Crippen molar-refractivity contribution in [2.45, 2.75) is 25.4 Å². The third-order valence-corrected chi connectivity index (χ3v) is 2.65. The first-order valence-electron chi connectivity index (χ1n) is 5.14. The Morgan fingerprint density at radius 1 is 1.71 bits per heavy atom. The quantitative estimate of drug-likeness (QED) is 0.771.